The lowest BCUT2D eigenvalue weighted by Crippen LogP contribution is -2.37. The SMILES string of the molecule is CNc1ccccc1C(=O)O[C@H]1[C@@H](O)[C@@H](COP(=O)(O)OP(=O)(O)OP(=O)(O)O)O[C@H]1n1cnc2c(N)ncnc21. The number of imidazole rings is 1. The van der Waals surface area contributed by atoms with Crippen molar-refractivity contribution in [3.05, 3.63) is 42.5 Å². The number of aromatic nitrogens is 4. The minimum atomic E-state index is -5.79. The van der Waals surface area contributed by atoms with Crippen LogP contribution < -0.4 is 11.1 Å². The minimum Gasteiger partial charge on any atom is -0.451 e. The van der Waals surface area contributed by atoms with Crippen LogP contribution in [0.5, 0.6) is 0 Å². The number of nitrogens with one attached hydrogen (secondary N) is 1. The number of esters is 1. The standard InChI is InChI=1S/C18H23N6O14P3/c1-20-10-5-3-2-4-9(10)18(26)36-14-13(25)11(6-34-40(30,31)38-41(32,33)37-39(27,28)29)35-17(14)24-8-23-12-15(19)21-7-22-16(12)24/h2-5,7-8,11,13-14,17,20,25H,6H2,1H3,(H,30,31)(H,32,33)(H2,19,21,22)(H2,27,28,29)/t11-,13+,14+,17-/m1/s1. The highest BCUT2D eigenvalue weighted by atomic mass is 31.3. The van der Waals surface area contributed by atoms with Crippen molar-refractivity contribution in [2.75, 3.05) is 24.7 Å². The van der Waals surface area contributed by atoms with E-state index in [9.17, 15) is 33.4 Å². The van der Waals surface area contributed by atoms with Crippen molar-refractivity contribution in [2.24, 2.45) is 0 Å². The molecule has 0 saturated carbocycles. The molecule has 3 heterocycles. The van der Waals surface area contributed by atoms with Crippen LogP contribution in [-0.4, -0.2) is 82.1 Å². The molecule has 41 heavy (non-hydrogen) atoms. The fourth-order valence-corrected chi connectivity index (χ4v) is 6.83. The fourth-order valence-electron chi connectivity index (χ4n) is 3.80. The third-order valence-electron chi connectivity index (χ3n) is 5.45. The van der Waals surface area contributed by atoms with E-state index in [4.69, 9.17) is 25.0 Å². The summed E-state index contributed by atoms with van der Waals surface area (Å²) in [6, 6.07) is 6.30. The van der Waals surface area contributed by atoms with Gasteiger partial charge in [0, 0.05) is 12.7 Å². The van der Waals surface area contributed by atoms with E-state index in [0.717, 1.165) is 6.33 Å². The van der Waals surface area contributed by atoms with Gasteiger partial charge in [-0.05, 0) is 12.1 Å². The number of carbonyl (C=O) groups is 1. The summed E-state index contributed by atoms with van der Waals surface area (Å²) in [5, 5.41) is 13.8. The molecule has 8 N–H and O–H groups in total. The Labute approximate surface area is 229 Å². The first-order chi connectivity index (χ1) is 19.1. The Morgan fingerprint density at radius 1 is 1.10 bits per heavy atom. The van der Waals surface area contributed by atoms with Gasteiger partial charge in [-0.15, -0.1) is 0 Å². The summed E-state index contributed by atoms with van der Waals surface area (Å²) in [6.07, 6.45) is -3.87. The number of benzene rings is 1. The molecule has 4 rings (SSSR count). The molecule has 224 valence electrons. The topological polar surface area (TPSA) is 297 Å². The maximum Gasteiger partial charge on any atom is 0.490 e. The number of para-hydroxylation sites is 1. The molecule has 1 saturated heterocycles. The van der Waals surface area contributed by atoms with E-state index < -0.39 is 60.6 Å². The van der Waals surface area contributed by atoms with Crippen molar-refractivity contribution < 1.29 is 65.8 Å². The number of nitrogens with two attached hydrogens (primary N) is 1. The van der Waals surface area contributed by atoms with Gasteiger partial charge in [0.1, 0.15) is 24.1 Å². The second kappa shape index (κ2) is 11.8. The molecule has 3 aromatic rings. The Morgan fingerprint density at radius 2 is 1.80 bits per heavy atom. The van der Waals surface area contributed by atoms with E-state index in [2.05, 4.69) is 33.4 Å². The minimum absolute atomic E-state index is 0.00740. The van der Waals surface area contributed by atoms with Gasteiger partial charge in [0.05, 0.1) is 18.5 Å². The van der Waals surface area contributed by atoms with Crippen LogP contribution in [0.2, 0.25) is 0 Å². The zero-order valence-corrected chi connectivity index (χ0v) is 23.3. The van der Waals surface area contributed by atoms with E-state index in [1.807, 2.05) is 0 Å². The molecule has 0 bridgehead atoms. The monoisotopic (exact) mass is 640 g/mol. The van der Waals surface area contributed by atoms with Crippen LogP contribution in [0.25, 0.3) is 11.2 Å². The van der Waals surface area contributed by atoms with Gasteiger partial charge in [-0.2, -0.15) is 8.62 Å². The molecule has 1 aromatic carbocycles. The van der Waals surface area contributed by atoms with Crippen LogP contribution in [-0.2, 0) is 36.3 Å². The average Bonchev–Trinajstić information content (AvgIpc) is 3.42. The van der Waals surface area contributed by atoms with Gasteiger partial charge in [0.2, 0.25) is 0 Å². The molecule has 1 aliphatic heterocycles. The zero-order chi connectivity index (χ0) is 30.2. The van der Waals surface area contributed by atoms with Gasteiger partial charge < -0.3 is 45.2 Å². The molecule has 0 amide bonds. The van der Waals surface area contributed by atoms with E-state index >= 15 is 0 Å². The predicted molar refractivity (Wildman–Crippen MR) is 135 cm³/mol. The van der Waals surface area contributed by atoms with E-state index in [0.29, 0.717) is 5.69 Å². The Bertz CT molecular complexity index is 1580. The Kier molecular flexibility index (Phi) is 8.96. The van der Waals surface area contributed by atoms with Crippen LogP contribution >= 0.6 is 23.5 Å². The number of nitrogen functional groups attached to an aromatic ring is 1. The van der Waals surface area contributed by atoms with Crippen molar-refractivity contribution in [2.45, 2.75) is 24.5 Å². The number of phosphoric acid groups is 3. The van der Waals surface area contributed by atoms with E-state index in [1.165, 1.54) is 17.0 Å². The number of hydrogen-bond donors (Lipinski definition) is 7. The largest absolute Gasteiger partial charge is 0.490 e. The number of aliphatic hydroxyl groups is 1. The number of rotatable bonds is 11. The normalized spacial score (nSPS) is 24.0. The van der Waals surface area contributed by atoms with Crippen LogP contribution in [0, 0.1) is 0 Å². The highest BCUT2D eigenvalue weighted by Crippen LogP contribution is 2.66. The molecule has 0 aliphatic carbocycles. The lowest BCUT2D eigenvalue weighted by molar-refractivity contribution is -0.0557. The van der Waals surface area contributed by atoms with Crippen LogP contribution in [0.15, 0.2) is 36.9 Å². The lowest BCUT2D eigenvalue weighted by atomic mass is 10.1. The number of carbonyl (C=O) groups excluding carboxylic acids is 1. The summed E-state index contributed by atoms with van der Waals surface area (Å²) >= 11 is 0. The van der Waals surface area contributed by atoms with Gasteiger partial charge in [-0.3, -0.25) is 9.09 Å². The van der Waals surface area contributed by atoms with Crippen molar-refractivity contribution in [1.82, 2.24) is 19.5 Å². The summed E-state index contributed by atoms with van der Waals surface area (Å²) in [4.78, 5) is 61.5. The summed E-state index contributed by atoms with van der Waals surface area (Å²) in [6.45, 7) is -1.02. The van der Waals surface area contributed by atoms with Gasteiger partial charge in [-0.25, -0.2) is 33.4 Å². The first-order valence-corrected chi connectivity index (χ1v) is 15.7. The van der Waals surface area contributed by atoms with Crippen molar-refractivity contribution in [1.29, 1.82) is 0 Å². The summed E-state index contributed by atoms with van der Waals surface area (Å²) in [5.41, 5.74) is 6.58. The summed E-state index contributed by atoms with van der Waals surface area (Å²) in [5.74, 6) is -0.882. The second-order valence-electron chi connectivity index (χ2n) is 8.19. The number of ether oxygens (including phenoxy) is 2. The van der Waals surface area contributed by atoms with Crippen LogP contribution in [0.1, 0.15) is 16.6 Å². The third-order valence-corrected chi connectivity index (χ3v) is 9.25. The molecule has 1 fully saturated rings. The summed E-state index contributed by atoms with van der Waals surface area (Å²) < 4.78 is 59.1. The quantitative estimate of drug-likeness (QED) is 0.109. The maximum absolute atomic E-state index is 13.1. The number of aliphatic hydroxyl groups excluding tert-OH is 1. The molecule has 20 nitrogen and oxygen atoms in total. The molecular formula is C18H23N6O14P3. The molecule has 2 unspecified atom stereocenters. The van der Waals surface area contributed by atoms with Crippen LogP contribution in [0.4, 0.5) is 11.5 Å². The number of phosphoric ester groups is 1. The van der Waals surface area contributed by atoms with Gasteiger partial charge in [0.15, 0.2) is 23.8 Å². The highest BCUT2D eigenvalue weighted by molar-refractivity contribution is 7.66. The first-order valence-electron chi connectivity index (χ1n) is 11.1. The Hall–Kier alpha value is -2.83. The number of nitrogens with zero attached hydrogens (tertiary/aromatic N) is 4. The molecule has 2 aromatic heterocycles. The van der Waals surface area contributed by atoms with E-state index in [-0.39, 0.29) is 22.5 Å². The average molecular weight is 640 g/mol. The highest BCUT2D eigenvalue weighted by Gasteiger charge is 2.49. The van der Waals surface area contributed by atoms with Gasteiger partial charge in [0.25, 0.3) is 0 Å². The summed E-state index contributed by atoms with van der Waals surface area (Å²) in [7, 11) is -15.4. The maximum atomic E-state index is 13.1. The molecule has 0 spiro atoms. The van der Waals surface area contributed by atoms with Crippen molar-refractivity contribution in [3.8, 4) is 0 Å². The van der Waals surface area contributed by atoms with Crippen molar-refractivity contribution in [3.63, 3.8) is 0 Å². The van der Waals surface area contributed by atoms with Crippen LogP contribution in [0.3, 0.4) is 0 Å². The molecular weight excluding hydrogens is 617 g/mol. The predicted octanol–water partition coefficient (Wildman–Crippen LogP) is 0.277. The van der Waals surface area contributed by atoms with Gasteiger partial charge >= 0.3 is 29.4 Å². The lowest BCUT2D eigenvalue weighted by Gasteiger charge is -2.22. The Balaban J connectivity index is 1.59. The first kappa shape index (κ1) is 31.1. The fraction of sp³-hybridized carbons (Fsp3) is 0.333. The van der Waals surface area contributed by atoms with E-state index in [1.54, 1.807) is 25.2 Å². The Morgan fingerprint density at radius 3 is 2.49 bits per heavy atom. The second-order valence-corrected chi connectivity index (χ2v) is 12.6. The molecule has 0 radical (unpaired) electrons. The molecule has 6 atom stereocenters. The third kappa shape index (κ3) is 7.34. The molecule has 1 aliphatic rings. The van der Waals surface area contributed by atoms with Crippen molar-refractivity contribution >= 4 is 52.1 Å². The molecule has 23 heteroatoms. The number of fused-ring (bicyclic) bond motifs is 1. The van der Waals surface area contributed by atoms with Gasteiger partial charge in [-0.1, -0.05) is 12.1 Å². The zero-order valence-electron chi connectivity index (χ0n) is 20.6. The number of anilines is 2. The number of hydrogen-bond acceptors (Lipinski definition) is 15. The smallest absolute Gasteiger partial charge is 0.451 e.